The highest BCUT2D eigenvalue weighted by Crippen LogP contribution is 2.48. The van der Waals surface area contributed by atoms with Crippen molar-refractivity contribution in [2.45, 2.75) is 39.2 Å². The number of hydrogen-bond donors (Lipinski definition) is 3. The van der Waals surface area contributed by atoms with Crippen LogP contribution in [-0.4, -0.2) is 34.0 Å². The summed E-state index contributed by atoms with van der Waals surface area (Å²) in [5.74, 6) is 0.128. The van der Waals surface area contributed by atoms with Crippen LogP contribution in [0.2, 0.25) is 0 Å². The first-order valence-electron chi connectivity index (χ1n) is 7.18. The van der Waals surface area contributed by atoms with Crippen molar-refractivity contribution in [3.8, 4) is 0 Å². The van der Waals surface area contributed by atoms with Crippen LogP contribution in [0.3, 0.4) is 0 Å². The molecule has 0 saturated heterocycles. The number of aliphatic hydroxyl groups excluding tert-OH is 2. The van der Waals surface area contributed by atoms with Gasteiger partial charge in [0.1, 0.15) is 0 Å². The highest BCUT2D eigenvalue weighted by atomic mass is 16.4. The summed E-state index contributed by atoms with van der Waals surface area (Å²) < 4.78 is 0. The molecule has 108 valence electrons. The maximum atomic E-state index is 11.2. The van der Waals surface area contributed by atoms with Crippen molar-refractivity contribution < 1.29 is 20.1 Å². The van der Waals surface area contributed by atoms with Gasteiger partial charge in [0.15, 0.2) is 0 Å². The smallest absolute Gasteiger partial charge is 0.331 e. The molecule has 4 heteroatoms. The molecule has 5 atom stereocenters. The van der Waals surface area contributed by atoms with Crippen LogP contribution in [0.15, 0.2) is 11.6 Å². The molecule has 0 aromatic rings. The summed E-state index contributed by atoms with van der Waals surface area (Å²) in [5, 5.41) is 29.0. The molecule has 19 heavy (non-hydrogen) atoms. The van der Waals surface area contributed by atoms with E-state index < -0.39 is 12.1 Å². The van der Waals surface area contributed by atoms with Gasteiger partial charge in [-0.25, -0.2) is 4.79 Å². The van der Waals surface area contributed by atoms with Crippen molar-refractivity contribution in [3.05, 3.63) is 11.6 Å². The third kappa shape index (κ3) is 2.70. The number of aliphatic hydroxyl groups is 2. The van der Waals surface area contributed by atoms with E-state index in [0.717, 1.165) is 12.8 Å². The maximum absolute atomic E-state index is 11.2. The molecule has 0 spiro atoms. The maximum Gasteiger partial charge on any atom is 0.331 e. The van der Waals surface area contributed by atoms with Crippen molar-refractivity contribution in [3.63, 3.8) is 0 Å². The second-order valence-electron chi connectivity index (χ2n) is 6.35. The minimum absolute atomic E-state index is 0.00856. The van der Waals surface area contributed by atoms with Gasteiger partial charge in [0.2, 0.25) is 0 Å². The Morgan fingerprint density at radius 2 is 2.11 bits per heavy atom. The third-order valence-electron chi connectivity index (χ3n) is 4.99. The third-order valence-corrected chi connectivity index (χ3v) is 4.99. The zero-order chi connectivity index (χ0) is 14.2. The number of allylic oxidation sites excluding steroid dienone is 1. The SMILES string of the molecule is CC(C)[C@H]1CC[C@H](CO)[C@@H]2[C@@H]1C=C(C(=O)O)C[C@H]2O. The van der Waals surface area contributed by atoms with E-state index in [4.69, 9.17) is 5.11 Å². The van der Waals surface area contributed by atoms with Gasteiger partial charge in [0, 0.05) is 18.6 Å². The largest absolute Gasteiger partial charge is 0.478 e. The number of carboxylic acid groups (broad SMARTS) is 1. The summed E-state index contributed by atoms with van der Waals surface area (Å²) in [5.41, 5.74) is 0.331. The molecule has 0 aromatic carbocycles. The summed E-state index contributed by atoms with van der Waals surface area (Å²) in [7, 11) is 0. The van der Waals surface area contributed by atoms with Crippen molar-refractivity contribution >= 4 is 5.97 Å². The molecule has 2 aliphatic carbocycles. The van der Waals surface area contributed by atoms with Crippen molar-refractivity contribution in [1.29, 1.82) is 0 Å². The Bertz CT molecular complexity index is 374. The van der Waals surface area contributed by atoms with Gasteiger partial charge in [-0.05, 0) is 42.4 Å². The van der Waals surface area contributed by atoms with Gasteiger partial charge in [-0.2, -0.15) is 0 Å². The fourth-order valence-electron chi connectivity index (χ4n) is 4.01. The van der Waals surface area contributed by atoms with Gasteiger partial charge >= 0.3 is 5.97 Å². The van der Waals surface area contributed by atoms with Gasteiger partial charge in [0.05, 0.1) is 6.10 Å². The summed E-state index contributed by atoms with van der Waals surface area (Å²) >= 11 is 0. The fourth-order valence-corrected chi connectivity index (χ4v) is 4.01. The highest BCUT2D eigenvalue weighted by molar-refractivity contribution is 5.86. The van der Waals surface area contributed by atoms with Crippen molar-refractivity contribution in [1.82, 2.24) is 0 Å². The van der Waals surface area contributed by atoms with E-state index in [2.05, 4.69) is 13.8 Å². The van der Waals surface area contributed by atoms with Crippen LogP contribution >= 0.6 is 0 Å². The van der Waals surface area contributed by atoms with Crippen LogP contribution < -0.4 is 0 Å². The van der Waals surface area contributed by atoms with E-state index in [-0.39, 0.29) is 30.8 Å². The second kappa shape index (κ2) is 5.63. The van der Waals surface area contributed by atoms with Crippen LogP contribution in [0.1, 0.15) is 33.1 Å². The molecule has 1 fully saturated rings. The molecule has 2 rings (SSSR count). The summed E-state index contributed by atoms with van der Waals surface area (Å²) in [6.45, 7) is 4.38. The average molecular weight is 268 g/mol. The minimum Gasteiger partial charge on any atom is -0.478 e. The minimum atomic E-state index is -0.925. The lowest BCUT2D eigenvalue weighted by atomic mass is 9.59. The molecule has 0 radical (unpaired) electrons. The van der Waals surface area contributed by atoms with Crippen molar-refractivity contribution in [2.75, 3.05) is 6.61 Å². The summed E-state index contributed by atoms with van der Waals surface area (Å²) in [6, 6.07) is 0. The first-order chi connectivity index (χ1) is 8.95. The Morgan fingerprint density at radius 1 is 1.42 bits per heavy atom. The Balaban J connectivity index is 2.34. The first kappa shape index (κ1) is 14.5. The summed E-state index contributed by atoms with van der Waals surface area (Å²) in [4.78, 5) is 11.2. The van der Waals surface area contributed by atoms with E-state index in [9.17, 15) is 15.0 Å². The van der Waals surface area contributed by atoms with Gasteiger partial charge in [0.25, 0.3) is 0 Å². The van der Waals surface area contributed by atoms with Gasteiger partial charge < -0.3 is 15.3 Å². The molecule has 0 bridgehead atoms. The monoisotopic (exact) mass is 268 g/mol. The predicted molar refractivity (Wildman–Crippen MR) is 71.5 cm³/mol. The standard InChI is InChI=1S/C15H24O4/c1-8(2)11-4-3-9(7-16)14-12(11)5-10(15(18)19)6-13(14)17/h5,8-9,11-14,16-17H,3-4,6-7H2,1-2H3,(H,18,19)/t9-,11-,12-,13-,14-/m1/s1. The van der Waals surface area contributed by atoms with Gasteiger partial charge in [-0.1, -0.05) is 19.9 Å². The van der Waals surface area contributed by atoms with E-state index >= 15 is 0 Å². The lowest BCUT2D eigenvalue weighted by Crippen LogP contribution is -2.46. The Kier molecular flexibility index (Phi) is 4.31. The topological polar surface area (TPSA) is 77.8 Å². The lowest BCUT2D eigenvalue weighted by molar-refractivity contribution is -0.134. The summed E-state index contributed by atoms with van der Waals surface area (Å²) in [6.07, 6.45) is 3.35. The number of carboxylic acids is 1. The number of fused-ring (bicyclic) bond motifs is 1. The van der Waals surface area contributed by atoms with Crippen LogP contribution in [0.4, 0.5) is 0 Å². The number of hydrogen-bond acceptors (Lipinski definition) is 3. The number of aliphatic carboxylic acids is 1. The molecule has 0 aliphatic heterocycles. The molecule has 2 aliphatic rings. The van der Waals surface area contributed by atoms with E-state index in [0.29, 0.717) is 17.4 Å². The normalized spacial score (nSPS) is 38.8. The number of carbonyl (C=O) groups is 1. The van der Waals surface area contributed by atoms with Crippen LogP contribution in [-0.2, 0) is 4.79 Å². The molecule has 0 amide bonds. The second-order valence-corrected chi connectivity index (χ2v) is 6.35. The molecule has 1 saturated carbocycles. The van der Waals surface area contributed by atoms with Crippen LogP contribution in [0.25, 0.3) is 0 Å². The van der Waals surface area contributed by atoms with Crippen molar-refractivity contribution in [2.24, 2.45) is 29.6 Å². The quantitative estimate of drug-likeness (QED) is 0.727. The zero-order valence-electron chi connectivity index (χ0n) is 11.6. The van der Waals surface area contributed by atoms with Crippen LogP contribution in [0.5, 0.6) is 0 Å². The molecule has 4 nitrogen and oxygen atoms in total. The molecule has 3 N–H and O–H groups in total. The van der Waals surface area contributed by atoms with E-state index in [1.807, 2.05) is 6.08 Å². The Labute approximate surface area is 114 Å². The lowest BCUT2D eigenvalue weighted by Gasteiger charge is -2.47. The molecule has 0 unspecified atom stereocenters. The Morgan fingerprint density at radius 3 is 2.63 bits per heavy atom. The fraction of sp³-hybridized carbons (Fsp3) is 0.800. The molecular weight excluding hydrogens is 244 g/mol. The number of rotatable bonds is 3. The van der Waals surface area contributed by atoms with E-state index in [1.54, 1.807) is 0 Å². The molecular formula is C15H24O4. The highest BCUT2D eigenvalue weighted by Gasteiger charge is 2.45. The predicted octanol–water partition coefficient (Wildman–Crippen LogP) is 1.67. The first-order valence-corrected chi connectivity index (χ1v) is 7.18. The Hall–Kier alpha value is -0.870. The zero-order valence-corrected chi connectivity index (χ0v) is 11.6. The molecule has 0 heterocycles. The van der Waals surface area contributed by atoms with Crippen LogP contribution in [0, 0.1) is 29.6 Å². The average Bonchev–Trinajstić information content (AvgIpc) is 2.36. The van der Waals surface area contributed by atoms with Gasteiger partial charge in [-0.3, -0.25) is 0 Å². The molecule has 0 aromatic heterocycles. The van der Waals surface area contributed by atoms with Gasteiger partial charge in [-0.15, -0.1) is 0 Å². The van der Waals surface area contributed by atoms with E-state index in [1.165, 1.54) is 0 Å².